The van der Waals surface area contributed by atoms with Crippen molar-refractivity contribution < 1.29 is 33.7 Å². The molecule has 0 fully saturated rings. The van der Waals surface area contributed by atoms with Gasteiger partial charge in [0, 0.05) is 5.69 Å². The van der Waals surface area contributed by atoms with Crippen molar-refractivity contribution in [3.63, 3.8) is 0 Å². The third-order valence-corrected chi connectivity index (χ3v) is 5.78. The zero-order valence-corrected chi connectivity index (χ0v) is 23.5. The number of carbonyl (C=O) groups is 3. The third kappa shape index (κ3) is 9.12. The van der Waals surface area contributed by atoms with Crippen LogP contribution in [0.2, 0.25) is 0 Å². The van der Waals surface area contributed by atoms with E-state index in [0.29, 0.717) is 29.5 Å². The van der Waals surface area contributed by atoms with Gasteiger partial charge in [0.25, 0.3) is 0 Å². The first-order chi connectivity index (χ1) is 20.0. The fraction of sp³-hybridized carbons (Fsp3) is 0.182. The number of nitrogens with one attached hydrogen (secondary N) is 2. The smallest absolute Gasteiger partial charge is 0.412 e. The summed E-state index contributed by atoms with van der Waals surface area (Å²) in [5.41, 5.74) is 2.05. The zero-order valence-electron chi connectivity index (χ0n) is 23.5. The first-order valence-electron chi connectivity index (χ1n) is 13.2. The fourth-order valence-corrected chi connectivity index (χ4v) is 3.85. The van der Waals surface area contributed by atoms with Gasteiger partial charge in [-0.2, -0.15) is 0 Å². The zero-order chi connectivity index (χ0) is 30.1. The number of carboxylic acid groups (broad SMARTS) is 1. The number of carboxylic acids is 1. The largest absolute Gasteiger partial charge is 0.489 e. The number of amides is 2. The maximum Gasteiger partial charge on any atom is 0.412 e. The summed E-state index contributed by atoms with van der Waals surface area (Å²) in [4.78, 5) is 35.7. The summed E-state index contributed by atoms with van der Waals surface area (Å²) < 4.78 is 17.0. The van der Waals surface area contributed by atoms with Crippen LogP contribution >= 0.6 is 0 Å². The van der Waals surface area contributed by atoms with Crippen LogP contribution in [0.3, 0.4) is 0 Å². The fourth-order valence-electron chi connectivity index (χ4n) is 3.85. The minimum atomic E-state index is -1.10. The molecule has 0 radical (unpaired) electrons. The Kier molecular flexibility index (Phi) is 9.44. The van der Waals surface area contributed by atoms with E-state index < -0.39 is 17.7 Å². The van der Waals surface area contributed by atoms with Crippen LogP contribution in [-0.2, 0) is 22.6 Å². The molecule has 0 bridgehead atoms. The second-order valence-electron chi connectivity index (χ2n) is 10.4. The molecule has 3 N–H and O–H groups in total. The molecule has 0 saturated carbocycles. The van der Waals surface area contributed by atoms with E-state index in [1.165, 1.54) is 6.07 Å². The molecule has 9 nitrogen and oxygen atoms in total. The number of ether oxygens (including phenoxy) is 3. The van der Waals surface area contributed by atoms with Crippen LogP contribution in [0.25, 0.3) is 0 Å². The van der Waals surface area contributed by atoms with Gasteiger partial charge in [0.1, 0.15) is 29.5 Å². The number of carbonyl (C=O) groups excluding carboxylic acids is 2. The molecule has 0 aliphatic heterocycles. The van der Waals surface area contributed by atoms with Gasteiger partial charge in [-0.15, -0.1) is 0 Å². The van der Waals surface area contributed by atoms with Crippen molar-refractivity contribution >= 4 is 29.3 Å². The standard InChI is InChI=1S/C33H32N2O7/c1-33(2,3)42-32(39)34-24-12-8-23(9-13-24)21-40-25-16-18-27(19-17-25)41-26-14-10-22(11-15-26)20-30(36)35-29-7-5-4-6-28(29)31(37)38/h4-19H,20-21H2,1-3H3,(H,34,39)(H,35,36)(H,37,38). The first kappa shape index (κ1) is 29.7. The lowest BCUT2D eigenvalue weighted by molar-refractivity contribution is -0.115. The number of para-hydroxylation sites is 1. The monoisotopic (exact) mass is 568 g/mol. The molecule has 216 valence electrons. The van der Waals surface area contributed by atoms with Crippen molar-refractivity contribution in [2.24, 2.45) is 0 Å². The molecule has 0 saturated heterocycles. The van der Waals surface area contributed by atoms with E-state index in [2.05, 4.69) is 10.6 Å². The van der Waals surface area contributed by atoms with Crippen molar-refractivity contribution in [2.45, 2.75) is 39.4 Å². The molecule has 0 atom stereocenters. The maximum absolute atomic E-state index is 12.4. The summed E-state index contributed by atoms with van der Waals surface area (Å²) >= 11 is 0. The lowest BCUT2D eigenvalue weighted by Crippen LogP contribution is -2.27. The van der Waals surface area contributed by atoms with Crippen molar-refractivity contribution in [2.75, 3.05) is 10.6 Å². The van der Waals surface area contributed by atoms with Gasteiger partial charge in [0.2, 0.25) is 5.91 Å². The average molecular weight is 569 g/mol. The molecule has 0 spiro atoms. The second kappa shape index (κ2) is 13.4. The SMILES string of the molecule is CC(C)(C)OC(=O)Nc1ccc(COc2ccc(Oc3ccc(CC(=O)Nc4ccccc4C(=O)O)cc3)cc2)cc1. The third-order valence-electron chi connectivity index (χ3n) is 5.78. The average Bonchev–Trinajstić information content (AvgIpc) is 2.93. The second-order valence-corrected chi connectivity index (χ2v) is 10.4. The van der Waals surface area contributed by atoms with Crippen LogP contribution < -0.4 is 20.1 Å². The number of hydrogen-bond acceptors (Lipinski definition) is 6. The van der Waals surface area contributed by atoms with E-state index in [4.69, 9.17) is 14.2 Å². The highest BCUT2D eigenvalue weighted by Crippen LogP contribution is 2.25. The predicted molar refractivity (Wildman–Crippen MR) is 159 cm³/mol. The van der Waals surface area contributed by atoms with Crippen LogP contribution in [0, 0.1) is 0 Å². The van der Waals surface area contributed by atoms with E-state index in [-0.39, 0.29) is 23.6 Å². The van der Waals surface area contributed by atoms with Gasteiger partial charge < -0.3 is 24.6 Å². The Morgan fingerprint density at radius 3 is 1.90 bits per heavy atom. The molecule has 9 heteroatoms. The summed E-state index contributed by atoms with van der Waals surface area (Å²) in [6.45, 7) is 5.78. The summed E-state index contributed by atoms with van der Waals surface area (Å²) in [5.74, 6) is 0.471. The molecule has 42 heavy (non-hydrogen) atoms. The molecule has 4 aromatic carbocycles. The van der Waals surface area contributed by atoms with Gasteiger partial charge in [-0.1, -0.05) is 36.4 Å². The lowest BCUT2D eigenvalue weighted by Gasteiger charge is -2.19. The summed E-state index contributed by atoms with van der Waals surface area (Å²) in [6.07, 6.45) is -0.419. The van der Waals surface area contributed by atoms with E-state index >= 15 is 0 Å². The van der Waals surface area contributed by atoms with E-state index in [1.807, 2.05) is 32.9 Å². The van der Waals surface area contributed by atoms with Gasteiger partial charge >= 0.3 is 12.1 Å². The number of anilines is 2. The Labute approximate surface area is 244 Å². The number of aromatic carboxylic acids is 1. The number of benzene rings is 4. The van der Waals surface area contributed by atoms with Crippen molar-refractivity contribution in [1.82, 2.24) is 0 Å². The molecule has 0 heterocycles. The minimum absolute atomic E-state index is 0.0364. The molecule has 2 amide bonds. The summed E-state index contributed by atoms with van der Waals surface area (Å²) in [5, 5.41) is 14.6. The van der Waals surface area contributed by atoms with Crippen LogP contribution in [0.5, 0.6) is 17.2 Å². The highest BCUT2D eigenvalue weighted by atomic mass is 16.6. The molecular weight excluding hydrogens is 536 g/mol. The van der Waals surface area contributed by atoms with E-state index in [0.717, 1.165) is 11.1 Å². The minimum Gasteiger partial charge on any atom is -0.489 e. The first-order valence-corrected chi connectivity index (χ1v) is 13.2. The normalized spacial score (nSPS) is 10.8. The predicted octanol–water partition coefficient (Wildman–Crippen LogP) is 7.28. The van der Waals surface area contributed by atoms with Gasteiger partial charge in [-0.25, -0.2) is 9.59 Å². The molecule has 0 aliphatic carbocycles. The number of rotatable bonds is 10. The highest BCUT2D eigenvalue weighted by molar-refractivity contribution is 6.01. The topological polar surface area (TPSA) is 123 Å². The maximum atomic E-state index is 12.4. The Hall–Kier alpha value is -5.31. The number of hydrogen-bond donors (Lipinski definition) is 3. The van der Waals surface area contributed by atoms with Crippen molar-refractivity contribution in [3.05, 3.63) is 114 Å². The summed E-state index contributed by atoms with van der Waals surface area (Å²) in [6, 6.07) is 27.9. The molecular formula is C33H32N2O7. The molecule has 0 unspecified atom stereocenters. The van der Waals surface area contributed by atoms with Crippen molar-refractivity contribution in [1.29, 1.82) is 0 Å². The summed E-state index contributed by atoms with van der Waals surface area (Å²) in [7, 11) is 0. The molecule has 0 aliphatic rings. The van der Waals surface area contributed by atoms with Crippen LogP contribution in [0.4, 0.5) is 16.2 Å². The van der Waals surface area contributed by atoms with Crippen LogP contribution in [0.15, 0.2) is 97.1 Å². The van der Waals surface area contributed by atoms with Gasteiger partial charge in [0.05, 0.1) is 17.7 Å². The molecule has 4 rings (SSSR count). The van der Waals surface area contributed by atoms with Gasteiger partial charge in [-0.3, -0.25) is 10.1 Å². The van der Waals surface area contributed by atoms with Gasteiger partial charge in [0.15, 0.2) is 0 Å². The Balaban J connectivity index is 1.24. The lowest BCUT2D eigenvalue weighted by atomic mass is 10.1. The quantitative estimate of drug-likeness (QED) is 0.184. The Morgan fingerprint density at radius 1 is 0.714 bits per heavy atom. The van der Waals surface area contributed by atoms with Gasteiger partial charge in [-0.05, 0) is 92.6 Å². The Morgan fingerprint density at radius 2 is 1.29 bits per heavy atom. The Bertz CT molecular complexity index is 1520. The molecule has 0 aromatic heterocycles. The van der Waals surface area contributed by atoms with E-state index in [1.54, 1.807) is 78.9 Å². The van der Waals surface area contributed by atoms with Crippen molar-refractivity contribution in [3.8, 4) is 17.2 Å². The van der Waals surface area contributed by atoms with Crippen LogP contribution in [-0.4, -0.2) is 28.7 Å². The van der Waals surface area contributed by atoms with Crippen LogP contribution in [0.1, 0.15) is 42.3 Å². The molecule has 4 aromatic rings. The van der Waals surface area contributed by atoms with E-state index in [9.17, 15) is 19.5 Å². The highest BCUT2D eigenvalue weighted by Gasteiger charge is 2.16.